The first-order valence-electron chi connectivity index (χ1n) is 10.2. The summed E-state index contributed by atoms with van der Waals surface area (Å²) in [7, 11) is 0. The number of carbonyl (C=O) groups is 1. The second kappa shape index (κ2) is 8.91. The lowest BCUT2D eigenvalue weighted by atomic mass is 9.92. The fourth-order valence-corrected chi connectivity index (χ4v) is 4.00. The maximum Gasteiger partial charge on any atom is 0.227 e. The monoisotopic (exact) mass is 401 g/mol. The lowest BCUT2D eigenvalue weighted by Gasteiger charge is -2.33. The number of carbonyl (C=O) groups excluding carboxylic acids is 1. The van der Waals surface area contributed by atoms with E-state index in [0.717, 1.165) is 18.6 Å². The van der Waals surface area contributed by atoms with Gasteiger partial charge in [-0.05, 0) is 61.1 Å². The molecule has 6 heteroatoms. The lowest BCUT2D eigenvalue weighted by Crippen LogP contribution is -2.48. The number of halogens is 2. The highest BCUT2D eigenvalue weighted by atomic mass is 19.1. The molecule has 2 aliphatic rings. The number of amides is 1. The number of aryl methyl sites for hydroxylation is 2. The third kappa shape index (κ3) is 4.75. The van der Waals surface area contributed by atoms with Gasteiger partial charge in [0.05, 0.1) is 19.6 Å². The highest BCUT2D eigenvalue weighted by Gasteiger charge is 2.26. The number of hydrogen-bond acceptors (Lipinski definition) is 3. The number of benzene rings is 2. The summed E-state index contributed by atoms with van der Waals surface area (Å²) in [5.74, 6) is -0.889. The molecule has 0 saturated carbocycles. The lowest BCUT2D eigenvalue weighted by molar-refractivity contribution is -0.139. The van der Waals surface area contributed by atoms with Gasteiger partial charge in [-0.3, -0.25) is 4.79 Å². The molecule has 4 rings (SSSR count). The molecule has 29 heavy (non-hydrogen) atoms. The van der Waals surface area contributed by atoms with Crippen molar-refractivity contribution in [3.05, 3.63) is 64.7 Å². The molecule has 1 unspecified atom stereocenters. The van der Waals surface area contributed by atoms with Gasteiger partial charge in [-0.2, -0.15) is 0 Å². The van der Waals surface area contributed by atoms with Crippen LogP contribution in [0.2, 0.25) is 0 Å². The summed E-state index contributed by atoms with van der Waals surface area (Å²) in [5.41, 5.74) is 2.56. The Labute approximate surface area is 169 Å². The van der Waals surface area contributed by atoms with Gasteiger partial charge in [-0.15, -0.1) is 0 Å². The highest BCUT2D eigenvalue weighted by Crippen LogP contribution is 2.25. The Morgan fingerprint density at radius 2 is 1.86 bits per heavy atom. The maximum atomic E-state index is 13.8. The van der Waals surface area contributed by atoms with Crippen molar-refractivity contribution >= 4 is 5.91 Å². The molecule has 1 amide bonds. The van der Waals surface area contributed by atoms with Crippen LogP contribution in [0.4, 0.5) is 8.78 Å². The first kappa shape index (κ1) is 19.8. The Bertz CT molecular complexity index is 866. The molecule has 2 aromatic carbocycles. The number of ether oxygens (including phenoxy) is 2. The molecule has 1 saturated heterocycles. The minimum atomic E-state index is -0.695. The molecule has 0 spiro atoms. The van der Waals surface area contributed by atoms with Gasteiger partial charge in [0, 0.05) is 12.1 Å². The molecular formula is C23H25F2NO3. The van der Waals surface area contributed by atoms with Crippen LogP contribution in [0.5, 0.6) is 5.75 Å². The van der Waals surface area contributed by atoms with Gasteiger partial charge < -0.3 is 14.4 Å². The summed E-state index contributed by atoms with van der Waals surface area (Å²) in [6.45, 7) is 1.46. The van der Waals surface area contributed by atoms with Crippen molar-refractivity contribution in [2.24, 2.45) is 0 Å². The summed E-state index contributed by atoms with van der Waals surface area (Å²) in [6.07, 6.45) is 4.10. The topological polar surface area (TPSA) is 38.8 Å². The van der Waals surface area contributed by atoms with Crippen molar-refractivity contribution in [3.63, 3.8) is 0 Å². The Morgan fingerprint density at radius 3 is 2.66 bits per heavy atom. The molecule has 1 aliphatic carbocycles. The third-order valence-corrected chi connectivity index (χ3v) is 5.64. The average molecular weight is 401 g/mol. The van der Waals surface area contributed by atoms with Gasteiger partial charge in [0.25, 0.3) is 0 Å². The molecule has 4 nitrogen and oxygen atoms in total. The van der Waals surface area contributed by atoms with Gasteiger partial charge >= 0.3 is 0 Å². The Balaban J connectivity index is 1.33. The molecule has 1 aliphatic heterocycles. The van der Waals surface area contributed by atoms with Crippen LogP contribution in [-0.2, 0) is 28.8 Å². The highest BCUT2D eigenvalue weighted by molar-refractivity contribution is 5.79. The van der Waals surface area contributed by atoms with Crippen LogP contribution >= 0.6 is 0 Å². The van der Waals surface area contributed by atoms with Gasteiger partial charge in [-0.1, -0.05) is 12.1 Å². The largest absolute Gasteiger partial charge is 0.491 e. The van der Waals surface area contributed by atoms with Crippen molar-refractivity contribution in [3.8, 4) is 5.75 Å². The number of nitrogens with zero attached hydrogens (tertiary/aromatic N) is 1. The molecule has 0 N–H and O–H groups in total. The first-order valence-corrected chi connectivity index (χ1v) is 10.2. The Hall–Kier alpha value is -2.47. The number of rotatable bonds is 5. The summed E-state index contributed by atoms with van der Waals surface area (Å²) >= 11 is 0. The van der Waals surface area contributed by atoms with Crippen molar-refractivity contribution in [2.45, 2.75) is 38.2 Å². The molecule has 0 radical (unpaired) electrons. The fraction of sp³-hybridized carbons (Fsp3) is 0.435. The predicted octanol–water partition coefficient (Wildman–Crippen LogP) is 3.69. The smallest absolute Gasteiger partial charge is 0.227 e. The standard InChI is InChI=1S/C23H25F2NO3/c24-21-6-3-7-22(25)20(21)13-23(27)26-10-11-28-19(14-26)15-29-18-9-8-16-4-1-2-5-17(16)12-18/h3,6-9,12,19H,1-2,4-5,10-11,13-15H2. The third-order valence-electron chi connectivity index (χ3n) is 5.64. The van der Waals surface area contributed by atoms with E-state index in [1.54, 1.807) is 4.90 Å². The van der Waals surface area contributed by atoms with E-state index < -0.39 is 11.6 Å². The van der Waals surface area contributed by atoms with E-state index >= 15 is 0 Å². The first-order chi connectivity index (χ1) is 14.1. The van der Waals surface area contributed by atoms with Crippen molar-refractivity contribution in [1.29, 1.82) is 0 Å². The summed E-state index contributed by atoms with van der Waals surface area (Å²) in [5, 5.41) is 0. The van der Waals surface area contributed by atoms with Crippen LogP contribution in [0.1, 0.15) is 29.5 Å². The Kier molecular flexibility index (Phi) is 6.09. The molecule has 0 bridgehead atoms. The molecule has 0 aromatic heterocycles. The molecule has 1 heterocycles. The predicted molar refractivity (Wildman–Crippen MR) is 105 cm³/mol. The summed E-state index contributed by atoms with van der Waals surface area (Å²) < 4.78 is 39.3. The second-order valence-electron chi connectivity index (χ2n) is 7.66. The van der Waals surface area contributed by atoms with Crippen LogP contribution in [0.25, 0.3) is 0 Å². The second-order valence-corrected chi connectivity index (χ2v) is 7.66. The van der Waals surface area contributed by atoms with E-state index in [0.29, 0.717) is 26.3 Å². The average Bonchev–Trinajstić information content (AvgIpc) is 2.75. The van der Waals surface area contributed by atoms with Gasteiger partial charge in [-0.25, -0.2) is 8.78 Å². The fourth-order valence-electron chi connectivity index (χ4n) is 4.00. The zero-order valence-corrected chi connectivity index (χ0v) is 16.3. The van der Waals surface area contributed by atoms with Crippen molar-refractivity contribution < 1.29 is 23.0 Å². The maximum absolute atomic E-state index is 13.8. The van der Waals surface area contributed by atoms with Crippen LogP contribution in [-0.4, -0.2) is 43.2 Å². The minimum Gasteiger partial charge on any atom is -0.491 e. The van der Waals surface area contributed by atoms with E-state index in [1.165, 1.54) is 42.2 Å². The van der Waals surface area contributed by atoms with Crippen LogP contribution in [0, 0.1) is 11.6 Å². The minimum absolute atomic E-state index is 0.189. The van der Waals surface area contributed by atoms with E-state index in [1.807, 2.05) is 6.07 Å². The quantitative estimate of drug-likeness (QED) is 0.767. The normalized spacial score (nSPS) is 19.0. The van der Waals surface area contributed by atoms with Crippen LogP contribution in [0.15, 0.2) is 36.4 Å². The summed E-state index contributed by atoms with van der Waals surface area (Å²) in [4.78, 5) is 14.1. The molecule has 154 valence electrons. The van der Waals surface area contributed by atoms with Crippen molar-refractivity contribution in [2.75, 3.05) is 26.3 Å². The molecule has 1 atom stereocenters. The van der Waals surface area contributed by atoms with Crippen molar-refractivity contribution in [1.82, 2.24) is 4.90 Å². The van der Waals surface area contributed by atoms with Gasteiger partial charge in [0.1, 0.15) is 30.1 Å². The van der Waals surface area contributed by atoms with Crippen LogP contribution in [0.3, 0.4) is 0 Å². The SMILES string of the molecule is O=C(Cc1c(F)cccc1F)N1CCOC(COc2ccc3c(c2)CCCC3)C1. The van der Waals surface area contributed by atoms with Gasteiger partial charge in [0.2, 0.25) is 5.91 Å². The molecule has 2 aromatic rings. The Morgan fingerprint density at radius 1 is 1.10 bits per heavy atom. The van der Waals surface area contributed by atoms with E-state index in [4.69, 9.17) is 9.47 Å². The zero-order valence-electron chi connectivity index (χ0n) is 16.3. The van der Waals surface area contributed by atoms with E-state index in [2.05, 4.69) is 12.1 Å². The zero-order chi connectivity index (χ0) is 20.2. The van der Waals surface area contributed by atoms with E-state index in [9.17, 15) is 13.6 Å². The van der Waals surface area contributed by atoms with E-state index in [-0.39, 0.29) is 24.0 Å². The van der Waals surface area contributed by atoms with Gasteiger partial charge in [0.15, 0.2) is 0 Å². The van der Waals surface area contributed by atoms with Crippen LogP contribution < -0.4 is 4.74 Å². The summed E-state index contributed by atoms with van der Waals surface area (Å²) in [6, 6.07) is 9.84. The number of morpholine rings is 1. The molecule has 1 fully saturated rings. The molecular weight excluding hydrogens is 376 g/mol. The number of fused-ring (bicyclic) bond motifs is 1. The number of hydrogen-bond donors (Lipinski definition) is 0.